The molecule has 0 radical (unpaired) electrons. The van der Waals surface area contributed by atoms with Crippen molar-refractivity contribution < 1.29 is 9.67 Å². The van der Waals surface area contributed by atoms with Crippen LogP contribution in [0.4, 0.5) is 0 Å². The van der Waals surface area contributed by atoms with Gasteiger partial charge < -0.3 is 9.67 Å². The van der Waals surface area contributed by atoms with E-state index in [4.69, 9.17) is 4.98 Å². The van der Waals surface area contributed by atoms with Gasteiger partial charge in [-0.15, -0.1) is 0 Å². The van der Waals surface area contributed by atoms with Gasteiger partial charge in [-0.2, -0.15) is 4.57 Å². The molecular weight excluding hydrogens is 378 g/mol. The number of hydrogen-bond donors (Lipinski definition) is 1. The molecule has 3 aromatic heterocycles. The first-order valence-electron chi connectivity index (χ1n) is 10.1. The average Bonchev–Trinajstić information content (AvgIpc) is 3.05. The molecule has 1 N–H and O–H groups in total. The Morgan fingerprint density at radius 1 is 1.07 bits per heavy atom. The second-order valence-corrected chi connectivity index (χ2v) is 7.42. The number of aryl methyl sites for hydroxylation is 3. The molecule has 2 aromatic carbocycles. The van der Waals surface area contributed by atoms with E-state index < -0.39 is 0 Å². The van der Waals surface area contributed by atoms with Crippen molar-refractivity contribution in [2.75, 3.05) is 0 Å². The van der Waals surface area contributed by atoms with Crippen molar-refractivity contribution >= 4 is 27.8 Å². The van der Waals surface area contributed by atoms with Gasteiger partial charge in [0.2, 0.25) is 5.65 Å². The highest BCUT2D eigenvalue weighted by Gasteiger charge is 2.27. The molecule has 0 bridgehead atoms. The fourth-order valence-electron chi connectivity index (χ4n) is 4.07. The first-order valence-corrected chi connectivity index (χ1v) is 10.1. The fraction of sp³-hybridized carbons (Fsp3) is 0.217. The van der Waals surface area contributed by atoms with Crippen molar-refractivity contribution in [3.05, 3.63) is 76.1 Å². The van der Waals surface area contributed by atoms with E-state index in [-0.39, 0.29) is 11.4 Å². The zero-order chi connectivity index (χ0) is 20.8. The summed E-state index contributed by atoms with van der Waals surface area (Å²) in [5.41, 5.74) is 3.49. The zero-order valence-corrected chi connectivity index (χ0v) is 16.9. The fourth-order valence-corrected chi connectivity index (χ4v) is 4.07. The van der Waals surface area contributed by atoms with Crippen LogP contribution in [0.1, 0.15) is 18.1 Å². The van der Waals surface area contributed by atoms with Gasteiger partial charge in [-0.25, -0.2) is 4.79 Å². The molecule has 30 heavy (non-hydrogen) atoms. The monoisotopic (exact) mass is 400 g/mol. The smallest absolute Gasteiger partial charge is 0.431 e. The van der Waals surface area contributed by atoms with Crippen molar-refractivity contribution in [2.24, 2.45) is 7.05 Å². The molecule has 0 amide bonds. The van der Waals surface area contributed by atoms with Crippen LogP contribution in [0.5, 0.6) is 5.88 Å². The Balaban J connectivity index is 1.81. The van der Waals surface area contributed by atoms with Gasteiger partial charge in [-0.05, 0) is 23.0 Å². The number of para-hydroxylation sites is 1. The SMILES string of the molecule is CCc1c(O)[n+](CCc2ccccc2)c2nc3c(nn2c1=O)c1ccccc1n3C. The lowest BCUT2D eigenvalue weighted by Crippen LogP contribution is -2.44. The zero-order valence-electron chi connectivity index (χ0n) is 16.9. The Morgan fingerprint density at radius 2 is 1.80 bits per heavy atom. The summed E-state index contributed by atoms with van der Waals surface area (Å²) in [7, 11) is 1.93. The number of benzene rings is 2. The second kappa shape index (κ2) is 6.95. The molecule has 5 rings (SSSR count). The van der Waals surface area contributed by atoms with Gasteiger partial charge in [0.05, 0.1) is 12.1 Å². The summed E-state index contributed by atoms with van der Waals surface area (Å²) in [5.74, 6) is 0.301. The third kappa shape index (κ3) is 2.66. The predicted octanol–water partition coefficient (Wildman–Crippen LogP) is 2.53. The number of fused-ring (bicyclic) bond motifs is 4. The van der Waals surface area contributed by atoms with Crippen LogP contribution in [0, 0.1) is 0 Å². The Hall–Kier alpha value is -3.74. The van der Waals surface area contributed by atoms with Gasteiger partial charge in [-0.1, -0.05) is 65.1 Å². The van der Waals surface area contributed by atoms with Gasteiger partial charge >= 0.3 is 11.3 Å². The van der Waals surface area contributed by atoms with Crippen LogP contribution < -0.4 is 10.1 Å². The van der Waals surface area contributed by atoms with E-state index in [9.17, 15) is 9.90 Å². The number of nitrogens with zero attached hydrogens (tertiary/aromatic N) is 5. The summed E-state index contributed by atoms with van der Waals surface area (Å²) >= 11 is 0. The highest BCUT2D eigenvalue weighted by molar-refractivity contribution is 6.04. The molecule has 0 aliphatic heterocycles. The molecule has 0 aliphatic rings. The summed E-state index contributed by atoms with van der Waals surface area (Å²) in [4.78, 5) is 17.9. The van der Waals surface area contributed by atoms with Gasteiger partial charge in [0, 0.05) is 18.9 Å². The van der Waals surface area contributed by atoms with E-state index in [1.165, 1.54) is 4.52 Å². The van der Waals surface area contributed by atoms with E-state index in [1.807, 2.05) is 73.1 Å². The molecule has 0 fully saturated rings. The third-order valence-corrected chi connectivity index (χ3v) is 5.68. The maximum Gasteiger partial charge on any atom is 0.431 e. The van der Waals surface area contributed by atoms with Crippen LogP contribution in [-0.2, 0) is 26.4 Å². The molecule has 0 atom stereocenters. The summed E-state index contributed by atoms with van der Waals surface area (Å²) in [6.07, 6.45) is 1.11. The first kappa shape index (κ1) is 18.3. The van der Waals surface area contributed by atoms with Crippen LogP contribution in [0.2, 0.25) is 0 Å². The van der Waals surface area contributed by atoms with Crippen molar-refractivity contribution in [1.29, 1.82) is 0 Å². The number of aromatic nitrogens is 5. The lowest BCUT2D eigenvalue weighted by molar-refractivity contribution is -0.682. The Kier molecular flexibility index (Phi) is 4.24. The van der Waals surface area contributed by atoms with Crippen LogP contribution in [-0.4, -0.2) is 24.3 Å². The number of rotatable bonds is 4. The van der Waals surface area contributed by atoms with Gasteiger partial charge in [0.1, 0.15) is 5.56 Å². The Bertz CT molecular complexity index is 1470. The Labute approximate surface area is 172 Å². The van der Waals surface area contributed by atoms with Crippen LogP contribution in [0.3, 0.4) is 0 Å². The maximum atomic E-state index is 13.1. The molecule has 3 heterocycles. The average molecular weight is 400 g/mol. The quantitative estimate of drug-likeness (QED) is 0.471. The van der Waals surface area contributed by atoms with Gasteiger partial charge in [0.25, 0.3) is 5.88 Å². The normalized spacial score (nSPS) is 11.7. The topological polar surface area (TPSA) is 76.3 Å². The molecule has 0 aliphatic carbocycles. The summed E-state index contributed by atoms with van der Waals surface area (Å²) in [6, 6.07) is 17.9. The highest BCUT2D eigenvalue weighted by Crippen LogP contribution is 2.24. The minimum absolute atomic E-state index is 0.0363. The van der Waals surface area contributed by atoms with Crippen LogP contribution >= 0.6 is 0 Å². The number of hydrogen-bond acceptors (Lipinski definition) is 4. The minimum atomic E-state index is -0.330. The molecule has 7 heteroatoms. The molecule has 0 saturated carbocycles. The molecule has 0 spiro atoms. The van der Waals surface area contributed by atoms with E-state index >= 15 is 0 Å². The lowest BCUT2D eigenvalue weighted by Gasteiger charge is -2.09. The van der Waals surface area contributed by atoms with E-state index in [2.05, 4.69) is 5.10 Å². The summed E-state index contributed by atoms with van der Waals surface area (Å²) in [5, 5.41) is 16.5. The van der Waals surface area contributed by atoms with Gasteiger partial charge in [0.15, 0.2) is 5.52 Å². The van der Waals surface area contributed by atoms with Crippen molar-refractivity contribution in [3.63, 3.8) is 0 Å². The van der Waals surface area contributed by atoms with Crippen molar-refractivity contribution in [1.82, 2.24) is 19.2 Å². The standard InChI is InChI=1S/C23H21N5O2/c1-3-16-21(29)27(14-13-15-9-5-4-6-10-15)23-24-20-19(25-28(23)22(16)30)17-11-7-8-12-18(17)26(20)2/h4-12H,3,13-14H2,1-2H3/p+1. The molecule has 7 nitrogen and oxygen atoms in total. The van der Waals surface area contributed by atoms with Crippen LogP contribution in [0.25, 0.3) is 27.8 Å². The third-order valence-electron chi connectivity index (χ3n) is 5.68. The van der Waals surface area contributed by atoms with Crippen molar-refractivity contribution in [3.8, 4) is 5.88 Å². The van der Waals surface area contributed by atoms with Crippen molar-refractivity contribution in [2.45, 2.75) is 26.3 Å². The van der Waals surface area contributed by atoms with Gasteiger partial charge in [-0.3, -0.25) is 0 Å². The largest absolute Gasteiger partial charge is 0.483 e. The molecule has 150 valence electrons. The van der Waals surface area contributed by atoms with E-state index in [1.54, 1.807) is 4.57 Å². The molecule has 0 saturated heterocycles. The lowest BCUT2D eigenvalue weighted by atomic mass is 10.1. The van der Waals surface area contributed by atoms with Crippen LogP contribution in [0.15, 0.2) is 59.4 Å². The summed E-state index contributed by atoms with van der Waals surface area (Å²) < 4.78 is 4.99. The van der Waals surface area contributed by atoms with E-state index in [0.29, 0.717) is 41.9 Å². The minimum Gasteiger partial charge on any atom is -0.483 e. The van der Waals surface area contributed by atoms with E-state index in [0.717, 1.165) is 16.5 Å². The highest BCUT2D eigenvalue weighted by atomic mass is 16.3. The first-order chi connectivity index (χ1) is 14.6. The molecule has 5 aromatic rings. The second-order valence-electron chi connectivity index (χ2n) is 7.42. The maximum absolute atomic E-state index is 13.1. The Morgan fingerprint density at radius 3 is 2.57 bits per heavy atom. The summed E-state index contributed by atoms with van der Waals surface area (Å²) in [6.45, 7) is 2.34. The molecule has 0 unspecified atom stereocenters. The predicted molar refractivity (Wildman–Crippen MR) is 115 cm³/mol. The molecular formula is C23H22N5O2+. The number of aromatic hydroxyl groups is 1.